The summed E-state index contributed by atoms with van der Waals surface area (Å²) in [6.45, 7) is 4.35. The molecule has 0 unspecified atom stereocenters. The highest BCUT2D eigenvalue weighted by Crippen LogP contribution is 2.35. The Labute approximate surface area is 151 Å². The van der Waals surface area contributed by atoms with Crippen LogP contribution in [0.2, 0.25) is 5.02 Å². The lowest BCUT2D eigenvalue weighted by Crippen LogP contribution is -2.44. The highest BCUT2D eigenvalue weighted by atomic mass is 35.5. The molecule has 2 rings (SSSR count). The average molecular weight is 352 g/mol. The number of ether oxygens (including phenoxy) is 1. The third-order valence-electron chi connectivity index (χ3n) is 5.02. The Morgan fingerprint density at radius 1 is 1.21 bits per heavy atom. The first kappa shape index (κ1) is 19.3. The number of rotatable bonds is 9. The molecule has 1 amide bonds. The monoisotopic (exact) mass is 351 g/mol. The summed E-state index contributed by atoms with van der Waals surface area (Å²) in [5, 5.41) is 3.92. The quantitative estimate of drug-likeness (QED) is 0.645. The van der Waals surface area contributed by atoms with Gasteiger partial charge in [-0.15, -0.1) is 0 Å². The molecule has 4 heteroatoms. The predicted octanol–water partition coefficient (Wildman–Crippen LogP) is 4.86. The second-order valence-corrected chi connectivity index (χ2v) is 7.28. The molecule has 1 aliphatic rings. The summed E-state index contributed by atoms with van der Waals surface area (Å²) in [6.07, 6.45) is 8.33. The van der Waals surface area contributed by atoms with Crippen LogP contribution in [0.15, 0.2) is 24.3 Å². The number of benzene rings is 1. The predicted molar refractivity (Wildman–Crippen MR) is 99.6 cm³/mol. The third kappa shape index (κ3) is 5.78. The molecule has 0 atom stereocenters. The molecule has 1 heterocycles. The molecule has 0 aliphatic carbocycles. The SMILES string of the molecule is CCCCCCCC(=O)NCC1(c2cccc(Cl)c2)CCOCC1. The van der Waals surface area contributed by atoms with Crippen molar-refractivity contribution < 1.29 is 9.53 Å². The summed E-state index contributed by atoms with van der Waals surface area (Å²) in [5.41, 5.74) is 1.16. The van der Waals surface area contributed by atoms with Gasteiger partial charge in [-0.05, 0) is 37.0 Å². The van der Waals surface area contributed by atoms with Crippen LogP contribution in [0.5, 0.6) is 0 Å². The van der Waals surface area contributed by atoms with Crippen molar-refractivity contribution in [3.63, 3.8) is 0 Å². The van der Waals surface area contributed by atoms with Gasteiger partial charge in [0.15, 0.2) is 0 Å². The number of unbranched alkanes of at least 4 members (excludes halogenated alkanes) is 4. The molecule has 1 aromatic rings. The van der Waals surface area contributed by atoms with E-state index >= 15 is 0 Å². The zero-order valence-corrected chi connectivity index (χ0v) is 15.5. The van der Waals surface area contributed by atoms with E-state index in [1.54, 1.807) is 0 Å². The van der Waals surface area contributed by atoms with Gasteiger partial charge in [-0.25, -0.2) is 0 Å². The van der Waals surface area contributed by atoms with E-state index in [1.165, 1.54) is 24.8 Å². The first-order chi connectivity index (χ1) is 11.7. The van der Waals surface area contributed by atoms with Crippen LogP contribution in [0, 0.1) is 0 Å². The number of carbonyl (C=O) groups is 1. The number of hydrogen-bond donors (Lipinski definition) is 1. The van der Waals surface area contributed by atoms with Gasteiger partial charge in [0.25, 0.3) is 0 Å². The average Bonchev–Trinajstić information content (AvgIpc) is 2.61. The minimum Gasteiger partial charge on any atom is -0.381 e. The molecule has 24 heavy (non-hydrogen) atoms. The fourth-order valence-corrected chi connectivity index (χ4v) is 3.58. The summed E-state index contributed by atoms with van der Waals surface area (Å²) in [4.78, 5) is 12.2. The van der Waals surface area contributed by atoms with Crippen LogP contribution in [-0.4, -0.2) is 25.7 Å². The molecule has 1 saturated heterocycles. The van der Waals surface area contributed by atoms with Crippen molar-refractivity contribution in [1.29, 1.82) is 0 Å². The minimum absolute atomic E-state index is 0.0545. The zero-order valence-electron chi connectivity index (χ0n) is 14.8. The largest absolute Gasteiger partial charge is 0.381 e. The van der Waals surface area contributed by atoms with Gasteiger partial charge in [-0.2, -0.15) is 0 Å². The first-order valence-corrected chi connectivity index (χ1v) is 9.64. The van der Waals surface area contributed by atoms with E-state index in [9.17, 15) is 4.79 Å². The summed E-state index contributed by atoms with van der Waals surface area (Å²) < 4.78 is 5.54. The number of amides is 1. The Morgan fingerprint density at radius 2 is 1.96 bits per heavy atom. The van der Waals surface area contributed by atoms with Crippen molar-refractivity contribution in [1.82, 2.24) is 5.32 Å². The molecule has 134 valence electrons. The molecule has 0 bridgehead atoms. The van der Waals surface area contributed by atoms with Gasteiger partial charge in [0, 0.05) is 36.6 Å². The minimum atomic E-state index is -0.0545. The molecular formula is C20H30ClNO2. The van der Waals surface area contributed by atoms with E-state index < -0.39 is 0 Å². The molecule has 3 nitrogen and oxygen atoms in total. The van der Waals surface area contributed by atoms with Crippen LogP contribution < -0.4 is 5.32 Å². The fourth-order valence-electron chi connectivity index (χ4n) is 3.39. The van der Waals surface area contributed by atoms with Crippen LogP contribution in [0.4, 0.5) is 0 Å². The first-order valence-electron chi connectivity index (χ1n) is 9.27. The van der Waals surface area contributed by atoms with Crippen molar-refractivity contribution >= 4 is 17.5 Å². The third-order valence-corrected chi connectivity index (χ3v) is 5.25. The Kier molecular flexibility index (Phi) is 8.07. The summed E-state index contributed by atoms with van der Waals surface area (Å²) in [6, 6.07) is 8.04. The van der Waals surface area contributed by atoms with Crippen molar-refractivity contribution in [2.24, 2.45) is 0 Å². The number of nitrogens with one attached hydrogen (secondary N) is 1. The maximum atomic E-state index is 12.2. The van der Waals surface area contributed by atoms with Gasteiger partial charge in [0.2, 0.25) is 5.91 Å². The van der Waals surface area contributed by atoms with Gasteiger partial charge in [0.1, 0.15) is 0 Å². The molecule has 0 spiro atoms. The molecule has 1 aromatic carbocycles. The molecule has 0 radical (unpaired) electrons. The van der Waals surface area contributed by atoms with Crippen LogP contribution in [0.3, 0.4) is 0 Å². The van der Waals surface area contributed by atoms with Crippen molar-refractivity contribution in [2.45, 2.75) is 63.7 Å². The van der Waals surface area contributed by atoms with Crippen LogP contribution in [0.1, 0.15) is 63.9 Å². The van der Waals surface area contributed by atoms with Gasteiger partial charge in [0.05, 0.1) is 0 Å². The highest BCUT2D eigenvalue weighted by Gasteiger charge is 2.34. The van der Waals surface area contributed by atoms with Gasteiger partial charge in [-0.3, -0.25) is 4.79 Å². The Hall–Kier alpha value is -1.06. The number of carbonyl (C=O) groups excluding carboxylic acids is 1. The Morgan fingerprint density at radius 3 is 2.67 bits per heavy atom. The molecule has 1 fully saturated rings. The van der Waals surface area contributed by atoms with E-state index in [-0.39, 0.29) is 11.3 Å². The molecule has 0 aromatic heterocycles. The summed E-state index contributed by atoms with van der Waals surface area (Å²) in [5.74, 6) is 0.166. The molecular weight excluding hydrogens is 322 g/mol. The van der Waals surface area contributed by atoms with Crippen molar-refractivity contribution in [3.05, 3.63) is 34.9 Å². The van der Waals surface area contributed by atoms with E-state index in [0.717, 1.165) is 43.9 Å². The Balaban J connectivity index is 1.89. The van der Waals surface area contributed by atoms with Gasteiger partial charge in [-0.1, -0.05) is 56.3 Å². The second kappa shape index (κ2) is 10.0. The zero-order chi connectivity index (χ0) is 17.3. The lowest BCUT2D eigenvalue weighted by Gasteiger charge is -2.38. The van der Waals surface area contributed by atoms with Crippen LogP contribution in [-0.2, 0) is 14.9 Å². The maximum Gasteiger partial charge on any atom is 0.220 e. The topological polar surface area (TPSA) is 38.3 Å². The second-order valence-electron chi connectivity index (χ2n) is 6.84. The van der Waals surface area contributed by atoms with Crippen LogP contribution >= 0.6 is 11.6 Å². The highest BCUT2D eigenvalue weighted by molar-refractivity contribution is 6.30. The number of halogens is 1. The van der Waals surface area contributed by atoms with E-state index in [0.29, 0.717) is 13.0 Å². The standard InChI is InChI=1S/C20H30ClNO2/c1-2-3-4-5-6-10-19(23)22-16-20(11-13-24-14-12-20)17-8-7-9-18(21)15-17/h7-9,15H,2-6,10-14,16H2,1H3,(H,22,23). The summed E-state index contributed by atoms with van der Waals surface area (Å²) >= 11 is 6.18. The van der Waals surface area contributed by atoms with Gasteiger partial charge >= 0.3 is 0 Å². The van der Waals surface area contributed by atoms with E-state index in [4.69, 9.17) is 16.3 Å². The Bertz CT molecular complexity index is 512. The number of hydrogen-bond acceptors (Lipinski definition) is 2. The lowest BCUT2D eigenvalue weighted by atomic mass is 9.74. The molecule has 1 aliphatic heterocycles. The van der Waals surface area contributed by atoms with E-state index in [1.807, 2.05) is 18.2 Å². The normalized spacial score (nSPS) is 16.8. The van der Waals surface area contributed by atoms with Gasteiger partial charge < -0.3 is 10.1 Å². The van der Waals surface area contributed by atoms with Crippen LogP contribution in [0.25, 0.3) is 0 Å². The lowest BCUT2D eigenvalue weighted by molar-refractivity contribution is -0.121. The fraction of sp³-hybridized carbons (Fsp3) is 0.650. The van der Waals surface area contributed by atoms with Crippen molar-refractivity contribution in [2.75, 3.05) is 19.8 Å². The molecule has 0 saturated carbocycles. The maximum absolute atomic E-state index is 12.2. The smallest absolute Gasteiger partial charge is 0.220 e. The molecule has 1 N–H and O–H groups in total. The van der Waals surface area contributed by atoms with E-state index in [2.05, 4.69) is 18.3 Å². The summed E-state index contributed by atoms with van der Waals surface area (Å²) in [7, 11) is 0. The van der Waals surface area contributed by atoms with Crippen molar-refractivity contribution in [3.8, 4) is 0 Å².